The van der Waals surface area contributed by atoms with Crippen LogP contribution in [0.2, 0.25) is 0 Å². The Hall–Kier alpha value is 1.09. The maximum atomic E-state index is 5.14. The van der Waals surface area contributed by atoms with Crippen molar-refractivity contribution in [2.45, 2.75) is 13.5 Å². The van der Waals surface area contributed by atoms with Crippen molar-refractivity contribution in [2.75, 3.05) is 0 Å². The first-order chi connectivity index (χ1) is 5.83. The van der Waals surface area contributed by atoms with Crippen LogP contribution in [0.15, 0.2) is 18.7 Å². The number of imidazole rings is 1. The minimum absolute atomic E-state index is 1.06. The summed E-state index contributed by atoms with van der Waals surface area (Å²) in [7, 11) is 14.8. The summed E-state index contributed by atoms with van der Waals surface area (Å²) in [5.74, 6) is 0. The molecule has 0 saturated heterocycles. The predicted octanol–water partition coefficient (Wildman–Crippen LogP) is 2.87. The third kappa shape index (κ3) is 11.0. The summed E-state index contributed by atoms with van der Waals surface area (Å²) >= 11 is 2.84. The first kappa shape index (κ1) is 14.1. The quantitative estimate of drug-likeness (QED) is 0.555. The van der Waals surface area contributed by atoms with Gasteiger partial charge >= 0.3 is 8.49 Å². The molecule has 0 radical (unpaired) electrons. The van der Waals surface area contributed by atoms with Gasteiger partial charge in [-0.2, -0.15) is 0 Å². The van der Waals surface area contributed by atoms with Crippen LogP contribution in [0.4, 0.5) is 0 Å². The molecule has 2 nitrogen and oxygen atoms in total. The molecule has 0 aliphatic heterocycles. The van der Waals surface area contributed by atoms with E-state index in [2.05, 4.69) is 38.1 Å². The van der Waals surface area contributed by atoms with E-state index in [1.54, 1.807) is 0 Å². The lowest BCUT2D eigenvalue weighted by Gasteiger charge is -1.97. The number of hydrogen-bond donors (Lipinski definition) is 0. The molecule has 76 valence electrons. The lowest BCUT2D eigenvalue weighted by molar-refractivity contribution is -0.693. The molecule has 13 heavy (non-hydrogen) atoms. The van der Waals surface area contributed by atoms with Gasteiger partial charge in [0.05, 0.1) is 13.6 Å². The highest BCUT2D eigenvalue weighted by molar-refractivity contribution is 9.30. The highest BCUT2D eigenvalue weighted by Gasteiger charge is 2.13. The molecule has 0 aliphatic rings. The fourth-order valence-electron chi connectivity index (χ4n) is 0.689. The summed E-state index contributed by atoms with van der Waals surface area (Å²) in [6.07, 6.45) is 6.14. The molecule has 0 spiro atoms. The summed E-state index contributed by atoms with van der Waals surface area (Å²) in [6, 6.07) is 0. The Labute approximate surface area is 100 Å². The Kier molecular flexibility index (Phi) is 7.10. The van der Waals surface area contributed by atoms with E-state index in [0.717, 1.165) is 6.54 Å². The summed E-state index contributed by atoms with van der Waals surface area (Å²) in [5, 5.41) is 0. The van der Waals surface area contributed by atoms with Crippen LogP contribution in [-0.2, 0) is 13.6 Å². The van der Waals surface area contributed by atoms with Gasteiger partial charge in [-0.25, -0.2) is 9.13 Å². The Balaban J connectivity index is 0.000000252. The largest absolute Gasteiger partial charge is 0.534 e. The highest BCUT2D eigenvalue weighted by Crippen LogP contribution is 2.25. The lowest BCUT2D eigenvalue weighted by atomic mass is 10.7. The van der Waals surface area contributed by atoms with E-state index in [1.807, 2.05) is 17.8 Å². The van der Waals surface area contributed by atoms with E-state index >= 15 is 0 Å². The van der Waals surface area contributed by atoms with Gasteiger partial charge in [0.25, 0.3) is 0 Å². The number of rotatable bonds is 1. The number of hydrogen-bond acceptors (Lipinski definition) is 0. The lowest BCUT2D eigenvalue weighted by Crippen LogP contribution is -2.28. The molecule has 0 saturated carbocycles. The summed E-state index contributed by atoms with van der Waals surface area (Å²) in [4.78, 5) is 0. The third-order valence-corrected chi connectivity index (χ3v) is 1.19. The smallest absolute Gasteiger partial charge is 0.396 e. The first-order valence-electron chi connectivity index (χ1n) is 3.71. The molecule has 0 bridgehead atoms. The molecular formula is C6H11AlBrCl3N2. The Morgan fingerprint density at radius 1 is 1.46 bits per heavy atom. The average Bonchev–Trinajstić information content (AvgIpc) is 2.31. The van der Waals surface area contributed by atoms with Gasteiger partial charge in [-0.1, -0.05) is 0 Å². The van der Waals surface area contributed by atoms with Gasteiger partial charge in [0.15, 0.2) is 0 Å². The van der Waals surface area contributed by atoms with Crippen molar-refractivity contribution in [1.82, 2.24) is 4.57 Å². The van der Waals surface area contributed by atoms with Crippen molar-refractivity contribution in [3.8, 4) is 0 Å². The van der Waals surface area contributed by atoms with Crippen LogP contribution in [0.25, 0.3) is 0 Å². The van der Waals surface area contributed by atoms with Gasteiger partial charge in [-0.3, -0.25) is 0 Å². The van der Waals surface area contributed by atoms with Gasteiger partial charge in [-0.15, -0.1) is 0 Å². The van der Waals surface area contributed by atoms with E-state index in [9.17, 15) is 0 Å². The third-order valence-electron chi connectivity index (χ3n) is 1.19. The Morgan fingerprint density at radius 2 is 1.92 bits per heavy atom. The Morgan fingerprint density at radius 3 is 2.08 bits per heavy atom. The van der Waals surface area contributed by atoms with Crippen LogP contribution in [0.5, 0.6) is 0 Å². The van der Waals surface area contributed by atoms with Crippen molar-refractivity contribution in [2.24, 2.45) is 7.05 Å². The molecule has 0 N–H and O–H groups in total. The van der Waals surface area contributed by atoms with Crippen LogP contribution >= 0.6 is 44.2 Å². The van der Waals surface area contributed by atoms with Crippen LogP contribution in [0, 0.1) is 0 Å². The van der Waals surface area contributed by atoms with E-state index in [0.29, 0.717) is 0 Å². The van der Waals surface area contributed by atoms with Crippen LogP contribution in [-0.4, -0.2) is 13.1 Å². The summed E-state index contributed by atoms with van der Waals surface area (Å²) in [5.41, 5.74) is 0. The number of nitrogens with zero attached hydrogens (tertiary/aromatic N) is 2. The van der Waals surface area contributed by atoms with Crippen molar-refractivity contribution >= 4 is 52.7 Å². The fraction of sp³-hybridized carbons (Fsp3) is 0.500. The zero-order chi connectivity index (χ0) is 10.5. The van der Waals surface area contributed by atoms with Crippen LogP contribution in [0.3, 0.4) is 0 Å². The number of aromatic nitrogens is 2. The van der Waals surface area contributed by atoms with E-state index < -0.39 is 8.49 Å². The molecule has 7 heteroatoms. The fourth-order valence-corrected chi connectivity index (χ4v) is 0.689. The highest BCUT2D eigenvalue weighted by atomic mass is 79.9. The molecule has 1 rings (SSSR count). The van der Waals surface area contributed by atoms with Gasteiger partial charge in [0, 0.05) is 0 Å². The molecule has 0 fully saturated rings. The maximum absolute atomic E-state index is 5.14. The SMILES string of the molecule is CC[n+]1ccn(C)c1.[Cl][Al-]([Cl])([Cl])[Br]. The zero-order valence-corrected chi connectivity index (χ0v) is 12.4. The minimum Gasteiger partial charge on any atom is -0.396 e. The van der Waals surface area contributed by atoms with Gasteiger partial charge < -0.3 is 44.2 Å². The van der Waals surface area contributed by atoms with E-state index in [1.165, 1.54) is 0 Å². The molecule has 1 heterocycles. The molecular weight excluding hydrogens is 313 g/mol. The zero-order valence-electron chi connectivity index (χ0n) is 7.42. The van der Waals surface area contributed by atoms with E-state index in [-0.39, 0.29) is 0 Å². The second-order valence-corrected chi connectivity index (χ2v) is 20.2. The van der Waals surface area contributed by atoms with Crippen molar-refractivity contribution < 1.29 is 4.57 Å². The number of halogens is 4. The standard InChI is InChI=1S/C6H11N2.Al.BrH.3ClH/c1-3-8-5-4-7(2)6-8;;;;;/h4-6H,3H2,1-2H3;;4*1H/q+1;+3;;;;/p-4. The van der Waals surface area contributed by atoms with Crippen molar-refractivity contribution in [1.29, 1.82) is 0 Å². The summed E-state index contributed by atoms with van der Waals surface area (Å²) < 4.78 is 4.16. The van der Waals surface area contributed by atoms with Crippen LogP contribution in [0.1, 0.15) is 6.92 Å². The van der Waals surface area contributed by atoms with Gasteiger partial charge in [0.1, 0.15) is 12.4 Å². The number of aryl methyl sites for hydroxylation is 2. The van der Waals surface area contributed by atoms with Crippen molar-refractivity contribution in [3.63, 3.8) is 0 Å². The second-order valence-electron chi connectivity index (χ2n) is 2.40. The maximum Gasteiger partial charge on any atom is 0.534 e. The molecule has 0 aromatic carbocycles. The Bertz CT molecular complexity index is 242. The molecule has 0 aliphatic carbocycles. The first-order valence-corrected chi connectivity index (χ1v) is 12.1. The van der Waals surface area contributed by atoms with Gasteiger partial charge in [-0.05, 0) is 6.92 Å². The van der Waals surface area contributed by atoms with Gasteiger partial charge in [0.2, 0.25) is 6.33 Å². The van der Waals surface area contributed by atoms with Crippen LogP contribution < -0.4 is 4.57 Å². The molecule has 0 atom stereocenters. The minimum atomic E-state index is -2.60. The van der Waals surface area contributed by atoms with E-state index in [4.69, 9.17) is 30.1 Å². The summed E-state index contributed by atoms with van der Waals surface area (Å²) in [6.45, 7) is 3.18. The molecule has 0 amide bonds. The second kappa shape index (κ2) is 6.55. The topological polar surface area (TPSA) is 8.81 Å². The average molecular weight is 324 g/mol. The van der Waals surface area contributed by atoms with Crippen molar-refractivity contribution in [3.05, 3.63) is 18.7 Å². The molecule has 1 aromatic heterocycles. The monoisotopic (exact) mass is 322 g/mol. The predicted molar refractivity (Wildman–Crippen MR) is 63.5 cm³/mol. The normalized spacial score (nSPS) is 10.6. The molecule has 0 unspecified atom stereocenters. The molecule has 1 aromatic rings.